The first-order chi connectivity index (χ1) is 10.3. The van der Waals surface area contributed by atoms with Crippen LogP contribution in [0.4, 0.5) is 0 Å². The van der Waals surface area contributed by atoms with E-state index < -0.39 is 5.60 Å². The molecule has 0 saturated carbocycles. The van der Waals surface area contributed by atoms with Gasteiger partial charge in [0.05, 0.1) is 24.1 Å². The Morgan fingerprint density at radius 3 is 2.45 bits per heavy atom. The van der Waals surface area contributed by atoms with Gasteiger partial charge in [0.2, 0.25) is 0 Å². The van der Waals surface area contributed by atoms with Crippen LogP contribution in [-0.2, 0) is 4.74 Å². The van der Waals surface area contributed by atoms with E-state index in [-0.39, 0.29) is 5.97 Å². The van der Waals surface area contributed by atoms with E-state index in [1.807, 2.05) is 58.0 Å². The summed E-state index contributed by atoms with van der Waals surface area (Å²) < 4.78 is 10.6. The Hall–Kier alpha value is -2.36. The number of esters is 1. The molecule has 1 heterocycles. The molecule has 0 amide bonds. The molecule has 1 aromatic carbocycles. The SMILES string of the molecule is COc1cccc(-c2ccc(C(=O)OC(C)(C)C)c(C)n2)c1. The van der Waals surface area contributed by atoms with Crippen molar-refractivity contribution in [2.24, 2.45) is 0 Å². The van der Waals surface area contributed by atoms with Crippen molar-refractivity contribution >= 4 is 5.97 Å². The summed E-state index contributed by atoms with van der Waals surface area (Å²) in [6.07, 6.45) is 0. The number of ether oxygens (including phenoxy) is 2. The highest BCUT2D eigenvalue weighted by atomic mass is 16.6. The first-order valence-corrected chi connectivity index (χ1v) is 7.15. The molecular formula is C18H21NO3. The summed E-state index contributed by atoms with van der Waals surface area (Å²) in [6, 6.07) is 11.2. The Morgan fingerprint density at radius 2 is 1.86 bits per heavy atom. The van der Waals surface area contributed by atoms with Crippen LogP contribution in [0.3, 0.4) is 0 Å². The third kappa shape index (κ3) is 3.85. The molecule has 0 aliphatic heterocycles. The zero-order valence-corrected chi connectivity index (χ0v) is 13.6. The van der Waals surface area contributed by atoms with Crippen LogP contribution in [0, 0.1) is 6.92 Å². The van der Waals surface area contributed by atoms with Gasteiger partial charge in [0.1, 0.15) is 11.4 Å². The third-order valence-corrected chi connectivity index (χ3v) is 3.07. The monoisotopic (exact) mass is 299 g/mol. The van der Waals surface area contributed by atoms with Crippen molar-refractivity contribution in [1.82, 2.24) is 4.98 Å². The molecule has 0 unspecified atom stereocenters. The zero-order valence-electron chi connectivity index (χ0n) is 13.6. The minimum atomic E-state index is -0.519. The Kier molecular flexibility index (Phi) is 4.50. The van der Waals surface area contributed by atoms with Gasteiger partial charge in [0, 0.05) is 5.56 Å². The maximum Gasteiger partial charge on any atom is 0.340 e. The first kappa shape index (κ1) is 16.0. The van der Waals surface area contributed by atoms with Crippen molar-refractivity contribution in [3.63, 3.8) is 0 Å². The van der Waals surface area contributed by atoms with E-state index >= 15 is 0 Å². The normalized spacial score (nSPS) is 11.1. The molecule has 4 nitrogen and oxygen atoms in total. The number of hydrogen-bond donors (Lipinski definition) is 0. The Morgan fingerprint density at radius 1 is 1.14 bits per heavy atom. The topological polar surface area (TPSA) is 48.4 Å². The number of aryl methyl sites for hydroxylation is 1. The largest absolute Gasteiger partial charge is 0.497 e. The van der Waals surface area contributed by atoms with E-state index in [0.29, 0.717) is 11.3 Å². The summed E-state index contributed by atoms with van der Waals surface area (Å²) in [5.74, 6) is 0.419. The Bertz CT molecular complexity index is 687. The van der Waals surface area contributed by atoms with Crippen LogP contribution in [0.5, 0.6) is 5.75 Å². The Balaban J connectivity index is 2.31. The predicted molar refractivity (Wildman–Crippen MR) is 86.1 cm³/mol. The highest BCUT2D eigenvalue weighted by molar-refractivity contribution is 5.91. The number of carbonyl (C=O) groups is 1. The van der Waals surface area contributed by atoms with E-state index in [1.54, 1.807) is 13.2 Å². The number of methoxy groups -OCH3 is 1. The van der Waals surface area contributed by atoms with Crippen LogP contribution in [0.1, 0.15) is 36.8 Å². The lowest BCUT2D eigenvalue weighted by atomic mass is 10.1. The van der Waals surface area contributed by atoms with Gasteiger partial charge < -0.3 is 9.47 Å². The Labute approximate surface area is 131 Å². The van der Waals surface area contributed by atoms with Gasteiger partial charge in [0.15, 0.2) is 0 Å². The van der Waals surface area contributed by atoms with Crippen molar-refractivity contribution in [2.75, 3.05) is 7.11 Å². The van der Waals surface area contributed by atoms with Crippen molar-refractivity contribution in [3.05, 3.63) is 47.7 Å². The number of hydrogen-bond acceptors (Lipinski definition) is 4. The molecule has 2 rings (SSSR count). The van der Waals surface area contributed by atoms with E-state index in [9.17, 15) is 4.79 Å². The second kappa shape index (κ2) is 6.18. The van der Waals surface area contributed by atoms with Crippen LogP contribution in [0.25, 0.3) is 11.3 Å². The smallest absolute Gasteiger partial charge is 0.340 e. The highest BCUT2D eigenvalue weighted by Gasteiger charge is 2.20. The summed E-state index contributed by atoms with van der Waals surface area (Å²) in [6.45, 7) is 7.34. The maximum absolute atomic E-state index is 12.1. The molecule has 0 aliphatic carbocycles. The van der Waals surface area contributed by atoms with Gasteiger partial charge in [-0.15, -0.1) is 0 Å². The van der Waals surface area contributed by atoms with Crippen LogP contribution in [0.15, 0.2) is 36.4 Å². The molecule has 1 aromatic heterocycles. The molecule has 116 valence electrons. The van der Waals surface area contributed by atoms with Gasteiger partial charge in [-0.05, 0) is 52.0 Å². The second-order valence-electron chi connectivity index (χ2n) is 6.06. The van der Waals surface area contributed by atoms with Crippen LogP contribution in [-0.4, -0.2) is 23.7 Å². The molecule has 0 spiro atoms. The molecule has 0 radical (unpaired) electrons. The van der Waals surface area contributed by atoms with Crippen LogP contribution < -0.4 is 4.74 Å². The molecule has 4 heteroatoms. The summed E-state index contributed by atoms with van der Waals surface area (Å²) in [5, 5.41) is 0. The van der Waals surface area contributed by atoms with E-state index in [1.165, 1.54) is 0 Å². The summed E-state index contributed by atoms with van der Waals surface area (Å²) >= 11 is 0. The number of aromatic nitrogens is 1. The number of carbonyl (C=O) groups excluding carboxylic acids is 1. The number of rotatable bonds is 3. The van der Waals surface area contributed by atoms with Crippen molar-refractivity contribution < 1.29 is 14.3 Å². The van der Waals surface area contributed by atoms with Crippen LogP contribution >= 0.6 is 0 Å². The van der Waals surface area contributed by atoms with Gasteiger partial charge in [-0.25, -0.2) is 4.79 Å². The molecule has 0 N–H and O–H groups in total. The van der Waals surface area contributed by atoms with Crippen molar-refractivity contribution in [1.29, 1.82) is 0 Å². The van der Waals surface area contributed by atoms with Gasteiger partial charge in [0.25, 0.3) is 0 Å². The van der Waals surface area contributed by atoms with Gasteiger partial charge in [-0.2, -0.15) is 0 Å². The average molecular weight is 299 g/mol. The third-order valence-electron chi connectivity index (χ3n) is 3.07. The standard InChI is InChI=1S/C18H21NO3/c1-12-15(17(20)22-18(2,3)4)9-10-16(19-12)13-7-6-8-14(11-13)21-5/h6-11H,1-5H3. The second-order valence-corrected chi connectivity index (χ2v) is 6.06. The molecular weight excluding hydrogens is 278 g/mol. The van der Waals surface area contributed by atoms with E-state index in [2.05, 4.69) is 4.98 Å². The van der Waals surface area contributed by atoms with Crippen molar-refractivity contribution in [3.8, 4) is 17.0 Å². The lowest BCUT2D eigenvalue weighted by molar-refractivity contribution is 0.00683. The molecule has 0 aliphatic rings. The molecule has 0 bridgehead atoms. The van der Waals surface area contributed by atoms with Gasteiger partial charge in [-0.3, -0.25) is 4.98 Å². The number of benzene rings is 1. The van der Waals surface area contributed by atoms with Crippen molar-refractivity contribution in [2.45, 2.75) is 33.3 Å². The fourth-order valence-electron chi connectivity index (χ4n) is 2.05. The van der Waals surface area contributed by atoms with Gasteiger partial charge in [-0.1, -0.05) is 12.1 Å². The summed E-state index contributed by atoms with van der Waals surface area (Å²) in [4.78, 5) is 16.7. The predicted octanol–water partition coefficient (Wildman–Crippen LogP) is 4.02. The lowest BCUT2D eigenvalue weighted by Gasteiger charge is -2.20. The summed E-state index contributed by atoms with van der Waals surface area (Å²) in [5.41, 5.74) is 2.35. The quantitative estimate of drug-likeness (QED) is 0.803. The molecule has 0 fully saturated rings. The minimum absolute atomic E-state index is 0.352. The molecule has 0 atom stereocenters. The van der Waals surface area contributed by atoms with Gasteiger partial charge >= 0.3 is 5.97 Å². The number of nitrogens with zero attached hydrogens (tertiary/aromatic N) is 1. The lowest BCUT2D eigenvalue weighted by Crippen LogP contribution is -2.24. The highest BCUT2D eigenvalue weighted by Crippen LogP contribution is 2.24. The average Bonchev–Trinajstić information content (AvgIpc) is 2.45. The molecule has 2 aromatic rings. The van der Waals surface area contributed by atoms with Crippen LogP contribution in [0.2, 0.25) is 0 Å². The summed E-state index contributed by atoms with van der Waals surface area (Å²) in [7, 11) is 1.63. The minimum Gasteiger partial charge on any atom is -0.497 e. The number of pyridine rings is 1. The molecule has 22 heavy (non-hydrogen) atoms. The maximum atomic E-state index is 12.1. The van der Waals surface area contributed by atoms with E-state index in [4.69, 9.17) is 9.47 Å². The fraction of sp³-hybridized carbons (Fsp3) is 0.333. The zero-order chi connectivity index (χ0) is 16.3. The first-order valence-electron chi connectivity index (χ1n) is 7.15. The van der Waals surface area contributed by atoms with E-state index in [0.717, 1.165) is 17.0 Å². The fourth-order valence-corrected chi connectivity index (χ4v) is 2.05. The molecule has 0 saturated heterocycles.